The lowest BCUT2D eigenvalue weighted by Crippen LogP contribution is -1.99. The van der Waals surface area contributed by atoms with E-state index in [9.17, 15) is 0 Å². The summed E-state index contributed by atoms with van der Waals surface area (Å²) in [6, 6.07) is 7.70. The molecule has 108 valence electrons. The van der Waals surface area contributed by atoms with Crippen LogP contribution >= 0.6 is 34.5 Å². The van der Waals surface area contributed by atoms with Gasteiger partial charge in [0.05, 0.1) is 15.7 Å². The van der Waals surface area contributed by atoms with Gasteiger partial charge in [0.1, 0.15) is 17.7 Å². The van der Waals surface area contributed by atoms with Crippen LogP contribution in [0.1, 0.15) is 10.4 Å². The van der Waals surface area contributed by atoms with Crippen molar-refractivity contribution in [1.29, 1.82) is 0 Å². The Morgan fingerprint density at radius 3 is 2.81 bits per heavy atom. The van der Waals surface area contributed by atoms with Gasteiger partial charge in [0.15, 0.2) is 0 Å². The fraction of sp³-hybridized carbons (Fsp3) is 0.143. The van der Waals surface area contributed by atoms with E-state index < -0.39 is 0 Å². The minimum Gasteiger partial charge on any atom is -0.380 e. The molecule has 0 bridgehead atoms. The Hall–Kier alpha value is -1.56. The quantitative estimate of drug-likeness (QED) is 0.758. The fourth-order valence-electron chi connectivity index (χ4n) is 1.92. The van der Waals surface area contributed by atoms with E-state index in [1.54, 1.807) is 22.3 Å². The fourth-order valence-corrected chi connectivity index (χ4v) is 3.16. The Bertz CT molecular complexity index is 752. The van der Waals surface area contributed by atoms with Crippen molar-refractivity contribution in [2.24, 2.45) is 0 Å². The third kappa shape index (κ3) is 3.20. The van der Waals surface area contributed by atoms with Crippen molar-refractivity contribution in [3.05, 3.63) is 57.4 Å². The molecule has 1 N–H and O–H groups in total. The zero-order valence-corrected chi connectivity index (χ0v) is 13.5. The summed E-state index contributed by atoms with van der Waals surface area (Å²) < 4.78 is 1.75. The lowest BCUT2D eigenvalue weighted by molar-refractivity contribution is 0.896. The molecular formula is C14H12Cl2N4S. The Morgan fingerprint density at radius 1 is 1.24 bits per heavy atom. The van der Waals surface area contributed by atoms with E-state index in [2.05, 4.69) is 28.4 Å². The van der Waals surface area contributed by atoms with Crippen molar-refractivity contribution >= 4 is 40.2 Å². The maximum Gasteiger partial charge on any atom is 0.138 e. The number of aryl methyl sites for hydroxylation is 1. The number of aromatic nitrogens is 3. The number of nitrogens with one attached hydrogen (secondary N) is 1. The van der Waals surface area contributed by atoms with Gasteiger partial charge in [0, 0.05) is 11.4 Å². The summed E-state index contributed by atoms with van der Waals surface area (Å²) in [5.41, 5.74) is 2.16. The van der Waals surface area contributed by atoms with Gasteiger partial charge in [-0.15, -0.1) is 11.3 Å². The van der Waals surface area contributed by atoms with Crippen LogP contribution in [0.5, 0.6) is 0 Å². The molecule has 0 aliphatic heterocycles. The van der Waals surface area contributed by atoms with Crippen molar-refractivity contribution < 1.29 is 0 Å². The van der Waals surface area contributed by atoms with Gasteiger partial charge in [0.2, 0.25) is 0 Å². The summed E-state index contributed by atoms with van der Waals surface area (Å²) in [6.07, 6.45) is 3.21. The molecular weight excluding hydrogens is 327 g/mol. The highest BCUT2D eigenvalue weighted by Gasteiger charge is 2.08. The van der Waals surface area contributed by atoms with E-state index in [1.807, 2.05) is 18.2 Å². The first-order chi connectivity index (χ1) is 10.1. The molecule has 4 nitrogen and oxygen atoms in total. The van der Waals surface area contributed by atoms with Crippen molar-refractivity contribution in [2.75, 3.05) is 5.32 Å². The average molecular weight is 339 g/mol. The van der Waals surface area contributed by atoms with Crippen molar-refractivity contribution in [2.45, 2.75) is 13.5 Å². The van der Waals surface area contributed by atoms with Crippen LogP contribution in [-0.2, 0) is 6.54 Å². The molecule has 3 rings (SSSR count). The van der Waals surface area contributed by atoms with Crippen LogP contribution in [0.15, 0.2) is 36.9 Å². The van der Waals surface area contributed by atoms with Crippen LogP contribution in [0.3, 0.4) is 0 Å². The third-order valence-corrected chi connectivity index (χ3v) is 4.80. The molecule has 2 aromatic heterocycles. The van der Waals surface area contributed by atoms with E-state index in [1.165, 1.54) is 11.2 Å². The van der Waals surface area contributed by atoms with Crippen LogP contribution < -0.4 is 5.32 Å². The van der Waals surface area contributed by atoms with Crippen molar-refractivity contribution in [1.82, 2.24) is 14.8 Å². The molecule has 0 unspecified atom stereocenters. The number of nitrogens with zero attached hydrogens (tertiary/aromatic N) is 3. The Balaban J connectivity index is 1.74. The van der Waals surface area contributed by atoms with E-state index in [-0.39, 0.29) is 0 Å². The van der Waals surface area contributed by atoms with E-state index in [0.29, 0.717) is 16.6 Å². The predicted molar refractivity (Wildman–Crippen MR) is 87.8 cm³/mol. The molecule has 0 aliphatic rings. The molecule has 1 aromatic carbocycles. The van der Waals surface area contributed by atoms with Crippen LogP contribution in [0.25, 0.3) is 5.00 Å². The Kier molecular flexibility index (Phi) is 4.14. The van der Waals surface area contributed by atoms with Gasteiger partial charge >= 0.3 is 0 Å². The number of halogens is 2. The number of hydrogen-bond donors (Lipinski definition) is 1. The minimum absolute atomic E-state index is 0.570. The highest BCUT2D eigenvalue weighted by atomic mass is 35.5. The van der Waals surface area contributed by atoms with Gasteiger partial charge < -0.3 is 5.32 Å². The first-order valence-corrected chi connectivity index (χ1v) is 7.84. The third-order valence-electron chi connectivity index (χ3n) is 3.02. The van der Waals surface area contributed by atoms with Gasteiger partial charge in [-0.1, -0.05) is 29.3 Å². The lowest BCUT2D eigenvalue weighted by atomic mass is 10.2. The monoisotopic (exact) mass is 338 g/mol. The molecule has 0 fully saturated rings. The van der Waals surface area contributed by atoms with E-state index >= 15 is 0 Å². The summed E-state index contributed by atoms with van der Waals surface area (Å²) >= 11 is 13.6. The standard InChI is InChI=1S/C14H12Cl2N4S/c1-9-13(5-14(21-9)20-8-17-7-19-20)18-6-10-2-3-11(15)12(16)4-10/h2-5,7-8,18H,6H2,1H3. The van der Waals surface area contributed by atoms with Crippen molar-refractivity contribution in [3.8, 4) is 5.00 Å². The number of hydrogen-bond acceptors (Lipinski definition) is 4. The summed E-state index contributed by atoms with van der Waals surface area (Å²) in [7, 11) is 0. The maximum absolute atomic E-state index is 6.02. The molecule has 0 spiro atoms. The Morgan fingerprint density at radius 2 is 2.10 bits per heavy atom. The maximum atomic E-state index is 6.02. The van der Waals surface area contributed by atoms with Gasteiger partial charge in [-0.2, -0.15) is 5.10 Å². The number of anilines is 1. The second-order valence-electron chi connectivity index (χ2n) is 4.50. The highest BCUT2D eigenvalue weighted by Crippen LogP contribution is 2.29. The van der Waals surface area contributed by atoms with Crippen LogP contribution in [-0.4, -0.2) is 14.8 Å². The predicted octanol–water partition coefficient (Wildman–Crippen LogP) is 4.56. The number of rotatable bonds is 4. The Labute approximate surface area is 136 Å². The summed E-state index contributed by atoms with van der Waals surface area (Å²) in [6.45, 7) is 2.76. The van der Waals surface area contributed by atoms with Gasteiger partial charge in [-0.25, -0.2) is 9.67 Å². The average Bonchev–Trinajstić information content (AvgIpc) is 3.10. The molecule has 2 heterocycles. The zero-order chi connectivity index (χ0) is 14.8. The van der Waals surface area contributed by atoms with E-state index in [4.69, 9.17) is 23.2 Å². The van der Waals surface area contributed by atoms with Crippen LogP contribution in [0.4, 0.5) is 5.69 Å². The first-order valence-electron chi connectivity index (χ1n) is 6.27. The second-order valence-corrected chi connectivity index (χ2v) is 6.55. The molecule has 0 amide bonds. The van der Waals surface area contributed by atoms with E-state index in [0.717, 1.165) is 16.3 Å². The second kappa shape index (κ2) is 6.05. The molecule has 3 aromatic rings. The molecule has 21 heavy (non-hydrogen) atoms. The molecule has 7 heteroatoms. The summed E-state index contributed by atoms with van der Waals surface area (Å²) in [4.78, 5) is 5.15. The van der Waals surface area contributed by atoms with Gasteiger partial charge in [0.25, 0.3) is 0 Å². The SMILES string of the molecule is Cc1sc(-n2cncn2)cc1NCc1ccc(Cl)c(Cl)c1. The number of thiophene rings is 1. The highest BCUT2D eigenvalue weighted by molar-refractivity contribution is 7.15. The molecule has 0 radical (unpaired) electrons. The summed E-state index contributed by atoms with van der Waals surface area (Å²) in [5, 5.41) is 9.71. The topological polar surface area (TPSA) is 42.7 Å². The molecule has 0 saturated carbocycles. The largest absolute Gasteiger partial charge is 0.380 e. The smallest absolute Gasteiger partial charge is 0.138 e. The van der Waals surface area contributed by atoms with Crippen molar-refractivity contribution in [3.63, 3.8) is 0 Å². The normalized spacial score (nSPS) is 10.8. The van der Waals surface area contributed by atoms with Gasteiger partial charge in [-0.3, -0.25) is 0 Å². The summed E-state index contributed by atoms with van der Waals surface area (Å²) in [5.74, 6) is 0. The molecule has 0 saturated heterocycles. The minimum atomic E-state index is 0.570. The van der Waals surface area contributed by atoms with Gasteiger partial charge in [-0.05, 0) is 30.7 Å². The lowest BCUT2D eigenvalue weighted by Gasteiger charge is -2.06. The zero-order valence-electron chi connectivity index (χ0n) is 11.2. The molecule has 0 aliphatic carbocycles. The van der Waals surface area contributed by atoms with Crippen LogP contribution in [0, 0.1) is 6.92 Å². The number of benzene rings is 1. The molecule has 0 atom stereocenters. The first kappa shape index (κ1) is 14.4. The van der Waals surface area contributed by atoms with Crippen LogP contribution in [0.2, 0.25) is 10.0 Å².